The molecule has 6 heteroatoms. The van der Waals surface area contributed by atoms with E-state index >= 15 is 0 Å². The Morgan fingerprint density at radius 3 is 2.73 bits per heavy atom. The molecule has 1 atom stereocenters. The van der Waals surface area contributed by atoms with Crippen molar-refractivity contribution < 1.29 is 19.1 Å². The number of aliphatic hydroxyl groups excluding tert-OH is 1. The van der Waals surface area contributed by atoms with E-state index in [1.807, 2.05) is 30.3 Å². The molecule has 0 aliphatic rings. The summed E-state index contributed by atoms with van der Waals surface area (Å²) in [6, 6.07) is 16.6. The van der Waals surface area contributed by atoms with Gasteiger partial charge in [-0.25, -0.2) is 4.98 Å². The van der Waals surface area contributed by atoms with Crippen molar-refractivity contribution in [1.29, 1.82) is 0 Å². The standard InChI is InChI=1S/C20H20N2O4/c1-13-17(19(24)21-12-14-7-4-3-5-8-14)22-20(26-13)18(23)15-9-6-10-16(11-15)25-2/h3-11,18,23H,12H2,1-2H3,(H,21,24). The number of amides is 1. The number of nitrogens with zero attached hydrogens (tertiary/aromatic N) is 1. The molecule has 0 radical (unpaired) electrons. The van der Waals surface area contributed by atoms with Crippen molar-refractivity contribution in [1.82, 2.24) is 10.3 Å². The Hall–Kier alpha value is -3.12. The minimum Gasteiger partial charge on any atom is -0.497 e. The van der Waals surface area contributed by atoms with E-state index in [2.05, 4.69) is 10.3 Å². The molecule has 1 unspecified atom stereocenters. The van der Waals surface area contributed by atoms with Gasteiger partial charge in [0.25, 0.3) is 5.91 Å². The number of benzene rings is 2. The van der Waals surface area contributed by atoms with Crippen molar-refractivity contribution in [3.05, 3.63) is 83.1 Å². The van der Waals surface area contributed by atoms with E-state index in [-0.39, 0.29) is 17.5 Å². The van der Waals surface area contributed by atoms with Crippen molar-refractivity contribution in [2.24, 2.45) is 0 Å². The van der Waals surface area contributed by atoms with Crippen LogP contribution in [0.2, 0.25) is 0 Å². The number of carbonyl (C=O) groups excluding carboxylic acids is 1. The normalized spacial score (nSPS) is 11.8. The number of hydrogen-bond acceptors (Lipinski definition) is 5. The number of hydrogen-bond donors (Lipinski definition) is 2. The molecule has 6 nitrogen and oxygen atoms in total. The summed E-state index contributed by atoms with van der Waals surface area (Å²) in [6.07, 6.45) is -1.08. The maximum Gasteiger partial charge on any atom is 0.273 e. The monoisotopic (exact) mass is 352 g/mol. The molecule has 134 valence electrons. The molecule has 0 bridgehead atoms. The number of ether oxygens (including phenoxy) is 1. The number of carbonyl (C=O) groups is 1. The molecule has 3 aromatic rings. The van der Waals surface area contributed by atoms with E-state index in [0.29, 0.717) is 23.6 Å². The number of aryl methyl sites for hydroxylation is 1. The van der Waals surface area contributed by atoms with Crippen LogP contribution in [0.1, 0.15) is 39.4 Å². The highest BCUT2D eigenvalue weighted by Gasteiger charge is 2.23. The summed E-state index contributed by atoms with van der Waals surface area (Å²) in [6.45, 7) is 2.03. The molecule has 0 saturated heterocycles. The third-order valence-corrected chi connectivity index (χ3v) is 3.97. The van der Waals surface area contributed by atoms with Crippen LogP contribution in [0.3, 0.4) is 0 Å². The second-order valence-corrected chi connectivity index (χ2v) is 5.80. The second-order valence-electron chi connectivity index (χ2n) is 5.80. The molecule has 2 N–H and O–H groups in total. The van der Waals surface area contributed by atoms with Gasteiger partial charge in [-0.1, -0.05) is 42.5 Å². The molecule has 2 aromatic carbocycles. The predicted octanol–water partition coefficient (Wildman–Crippen LogP) is 3.00. The zero-order valence-corrected chi connectivity index (χ0v) is 14.6. The van der Waals surface area contributed by atoms with Gasteiger partial charge in [-0.05, 0) is 30.2 Å². The summed E-state index contributed by atoms with van der Waals surface area (Å²) < 4.78 is 10.7. The summed E-state index contributed by atoms with van der Waals surface area (Å²) >= 11 is 0. The highest BCUT2D eigenvalue weighted by Crippen LogP contribution is 2.26. The van der Waals surface area contributed by atoms with Gasteiger partial charge in [0.1, 0.15) is 11.5 Å². The molecule has 0 aliphatic heterocycles. The van der Waals surface area contributed by atoms with Crippen LogP contribution < -0.4 is 10.1 Å². The molecular weight excluding hydrogens is 332 g/mol. The SMILES string of the molecule is COc1cccc(C(O)c2nc(C(=O)NCc3ccccc3)c(C)o2)c1. The lowest BCUT2D eigenvalue weighted by Crippen LogP contribution is -2.23. The van der Waals surface area contributed by atoms with Crippen LogP contribution in [0.4, 0.5) is 0 Å². The molecular formula is C20H20N2O4. The first-order chi connectivity index (χ1) is 12.6. The minimum atomic E-state index is -1.08. The molecule has 1 heterocycles. The smallest absolute Gasteiger partial charge is 0.273 e. The average Bonchev–Trinajstić information content (AvgIpc) is 3.08. The van der Waals surface area contributed by atoms with Gasteiger partial charge in [-0.3, -0.25) is 4.79 Å². The zero-order chi connectivity index (χ0) is 18.5. The molecule has 0 spiro atoms. The van der Waals surface area contributed by atoms with Gasteiger partial charge >= 0.3 is 0 Å². The zero-order valence-electron chi connectivity index (χ0n) is 14.6. The molecule has 26 heavy (non-hydrogen) atoms. The number of oxazole rings is 1. The summed E-state index contributed by atoms with van der Waals surface area (Å²) in [7, 11) is 1.55. The average molecular weight is 352 g/mol. The molecule has 0 fully saturated rings. The van der Waals surface area contributed by atoms with Crippen molar-refractivity contribution in [3.8, 4) is 5.75 Å². The lowest BCUT2D eigenvalue weighted by molar-refractivity contribution is 0.0945. The van der Waals surface area contributed by atoms with Crippen LogP contribution >= 0.6 is 0 Å². The fourth-order valence-electron chi connectivity index (χ4n) is 2.56. The maximum absolute atomic E-state index is 12.4. The van der Waals surface area contributed by atoms with Crippen molar-refractivity contribution in [2.75, 3.05) is 7.11 Å². The van der Waals surface area contributed by atoms with E-state index in [4.69, 9.17) is 9.15 Å². The number of nitrogens with one attached hydrogen (secondary N) is 1. The highest BCUT2D eigenvalue weighted by atomic mass is 16.5. The second kappa shape index (κ2) is 7.84. The van der Waals surface area contributed by atoms with Crippen LogP contribution in [0.25, 0.3) is 0 Å². The topological polar surface area (TPSA) is 84.6 Å². The van der Waals surface area contributed by atoms with Crippen molar-refractivity contribution in [2.45, 2.75) is 19.6 Å². The van der Waals surface area contributed by atoms with Gasteiger partial charge in [0.2, 0.25) is 5.89 Å². The number of aliphatic hydroxyl groups is 1. The minimum absolute atomic E-state index is 0.0700. The van der Waals surface area contributed by atoms with E-state index in [1.165, 1.54) is 0 Å². The van der Waals surface area contributed by atoms with E-state index in [0.717, 1.165) is 5.56 Å². The van der Waals surface area contributed by atoms with Crippen molar-refractivity contribution >= 4 is 5.91 Å². The third kappa shape index (κ3) is 3.92. The molecule has 0 aliphatic carbocycles. The fraction of sp³-hybridized carbons (Fsp3) is 0.200. The number of rotatable bonds is 6. The van der Waals surface area contributed by atoms with Crippen LogP contribution in [0, 0.1) is 6.92 Å². The third-order valence-electron chi connectivity index (χ3n) is 3.97. The van der Waals surface area contributed by atoms with Crippen LogP contribution in [0.5, 0.6) is 5.75 Å². The van der Waals surface area contributed by atoms with Gasteiger partial charge in [0.15, 0.2) is 11.8 Å². The Labute approximate surface area is 151 Å². The van der Waals surface area contributed by atoms with Crippen LogP contribution in [0.15, 0.2) is 59.0 Å². The van der Waals surface area contributed by atoms with E-state index in [1.54, 1.807) is 38.3 Å². The summed E-state index contributed by atoms with van der Waals surface area (Å²) in [5.74, 6) is 0.693. The van der Waals surface area contributed by atoms with E-state index < -0.39 is 6.10 Å². The first-order valence-corrected chi connectivity index (χ1v) is 8.20. The van der Waals surface area contributed by atoms with E-state index in [9.17, 15) is 9.90 Å². The van der Waals surface area contributed by atoms with Gasteiger partial charge in [0.05, 0.1) is 7.11 Å². The van der Waals surface area contributed by atoms with Crippen LogP contribution in [-0.4, -0.2) is 23.1 Å². The quantitative estimate of drug-likeness (QED) is 0.712. The summed E-state index contributed by atoms with van der Waals surface area (Å²) in [5, 5.41) is 13.3. The fourth-order valence-corrected chi connectivity index (χ4v) is 2.56. The lowest BCUT2D eigenvalue weighted by atomic mass is 10.1. The maximum atomic E-state index is 12.4. The lowest BCUT2D eigenvalue weighted by Gasteiger charge is -2.08. The first kappa shape index (κ1) is 17.7. The summed E-state index contributed by atoms with van der Waals surface area (Å²) in [4.78, 5) is 16.6. The van der Waals surface area contributed by atoms with Gasteiger partial charge in [-0.15, -0.1) is 0 Å². The summed E-state index contributed by atoms with van der Waals surface area (Å²) in [5.41, 5.74) is 1.72. The Morgan fingerprint density at radius 2 is 2.00 bits per heavy atom. The highest BCUT2D eigenvalue weighted by molar-refractivity contribution is 5.93. The number of methoxy groups -OCH3 is 1. The Morgan fingerprint density at radius 1 is 1.23 bits per heavy atom. The Bertz CT molecular complexity index is 890. The first-order valence-electron chi connectivity index (χ1n) is 8.20. The molecule has 1 aromatic heterocycles. The molecule has 3 rings (SSSR count). The predicted molar refractivity (Wildman–Crippen MR) is 95.9 cm³/mol. The van der Waals surface area contributed by atoms with Gasteiger partial charge in [0, 0.05) is 6.54 Å². The Balaban J connectivity index is 1.74. The van der Waals surface area contributed by atoms with Crippen LogP contribution in [-0.2, 0) is 6.54 Å². The van der Waals surface area contributed by atoms with Gasteiger partial charge in [-0.2, -0.15) is 0 Å². The Kier molecular flexibility index (Phi) is 5.34. The van der Waals surface area contributed by atoms with Gasteiger partial charge < -0.3 is 19.6 Å². The molecule has 1 amide bonds. The number of aromatic nitrogens is 1. The largest absolute Gasteiger partial charge is 0.497 e. The molecule has 0 saturated carbocycles. The van der Waals surface area contributed by atoms with Crippen molar-refractivity contribution in [3.63, 3.8) is 0 Å².